The quantitative estimate of drug-likeness (QED) is 0.703. The smallest absolute Gasteiger partial charge is 0.133 e. The predicted molar refractivity (Wildman–Crippen MR) is 48.1 cm³/mol. The first kappa shape index (κ1) is 10.4. The molecule has 0 bridgehead atoms. The van der Waals surface area contributed by atoms with Crippen LogP contribution in [0.25, 0.3) is 0 Å². The van der Waals surface area contributed by atoms with Gasteiger partial charge in [0, 0.05) is 12.3 Å². The zero-order valence-electron chi connectivity index (χ0n) is 8.28. The summed E-state index contributed by atoms with van der Waals surface area (Å²) in [6, 6.07) is 0. The number of hydrogen-bond acceptors (Lipinski definition) is 3. The first-order valence-electron chi connectivity index (χ1n) is 4.63. The Morgan fingerprint density at radius 2 is 1.92 bits per heavy atom. The topological polar surface area (TPSA) is 54.4 Å². The monoisotopic (exact) mass is 184 g/mol. The molecule has 3 nitrogen and oxygen atoms in total. The highest BCUT2D eigenvalue weighted by Gasteiger charge is 2.53. The van der Waals surface area contributed by atoms with E-state index in [1.54, 1.807) is 6.92 Å². The highest BCUT2D eigenvalue weighted by molar-refractivity contribution is 5.82. The molecule has 3 heteroatoms. The molecule has 74 valence electrons. The van der Waals surface area contributed by atoms with Crippen LogP contribution >= 0.6 is 0 Å². The van der Waals surface area contributed by atoms with Crippen molar-refractivity contribution >= 4 is 11.6 Å². The van der Waals surface area contributed by atoms with Crippen LogP contribution < -0.4 is 0 Å². The molecule has 4 atom stereocenters. The van der Waals surface area contributed by atoms with Crippen molar-refractivity contribution in [2.45, 2.75) is 33.3 Å². The van der Waals surface area contributed by atoms with E-state index in [9.17, 15) is 14.7 Å². The summed E-state index contributed by atoms with van der Waals surface area (Å²) in [4.78, 5) is 21.7. The summed E-state index contributed by atoms with van der Waals surface area (Å²) in [6.07, 6.45) is -0.444. The fourth-order valence-corrected chi connectivity index (χ4v) is 2.16. The van der Waals surface area contributed by atoms with Crippen LogP contribution in [0.1, 0.15) is 27.2 Å². The molecule has 1 saturated carbocycles. The molecule has 0 aliphatic heterocycles. The molecule has 1 N–H and O–H groups in total. The third-order valence-electron chi connectivity index (χ3n) is 2.86. The van der Waals surface area contributed by atoms with Crippen LogP contribution in [0.5, 0.6) is 0 Å². The minimum Gasteiger partial charge on any atom is -0.392 e. The molecule has 13 heavy (non-hydrogen) atoms. The largest absolute Gasteiger partial charge is 0.392 e. The molecule has 0 aromatic carbocycles. The number of Topliss-reactive ketones (excluding diaryl/α,β-unsaturated/α-hetero) is 2. The molecule has 1 aliphatic rings. The van der Waals surface area contributed by atoms with Crippen LogP contribution in [0.4, 0.5) is 0 Å². The fourth-order valence-electron chi connectivity index (χ4n) is 2.16. The summed E-state index contributed by atoms with van der Waals surface area (Å²) in [5.74, 6) is 0.344. The first-order chi connectivity index (χ1) is 5.95. The van der Waals surface area contributed by atoms with Crippen molar-refractivity contribution in [1.82, 2.24) is 0 Å². The van der Waals surface area contributed by atoms with Crippen molar-refractivity contribution in [3.63, 3.8) is 0 Å². The van der Waals surface area contributed by atoms with Gasteiger partial charge in [0.05, 0.1) is 6.10 Å². The van der Waals surface area contributed by atoms with Gasteiger partial charge < -0.3 is 5.11 Å². The maximum Gasteiger partial charge on any atom is 0.133 e. The van der Waals surface area contributed by atoms with Gasteiger partial charge in [0.1, 0.15) is 11.6 Å². The highest BCUT2D eigenvalue weighted by atomic mass is 16.3. The molecule has 1 fully saturated rings. The van der Waals surface area contributed by atoms with Crippen LogP contribution in [-0.2, 0) is 9.59 Å². The summed E-state index contributed by atoms with van der Waals surface area (Å²) < 4.78 is 0. The Balaban J connectivity index is 2.47. The number of carbonyl (C=O) groups is 2. The van der Waals surface area contributed by atoms with E-state index in [0.29, 0.717) is 0 Å². The first-order valence-corrected chi connectivity index (χ1v) is 4.63. The summed E-state index contributed by atoms with van der Waals surface area (Å²) in [5.41, 5.74) is 0. The number of ketones is 2. The van der Waals surface area contributed by atoms with E-state index in [-0.39, 0.29) is 35.7 Å². The fraction of sp³-hybridized carbons (Fsp3) is 0.800. The lowest BCUT2D eigenvalue weighted by molar-refractivity contribution is -0.121. The number of rotatable bonds is 4. The summed E-state index contributed by atoms with van der Waals surface area (Å²) in [7, 11) is 0. The van der Waals surface area contributed by atoms with E-state index in [4.69, 9.17) is 0 Å². The Morgan fingerprint density at radius 1 is 1.38 bits per heavy atom. The van der Waals surface area contributed by atoms with Crippen molar-refractivity contribution in [3.8, 4) is 0 Å². The van der Waals surface area contributed by atoms with Gasteiger partial charge >= 0.3 is 0 Å². The summed E-state index contributed by atoms with van der Waals surface area (Å²) in [5, 5.41) is 9.58. The minimum absolute atomic E-state index is 0.0152. The molecule has 0 radical (unpaired) electrons. The second-order valence-electron chi connectivity index (χ2n) is 4.05. The van der Waals surface area contributed by atoms with Gasteiger partial charge in [-0.15, -0.1) is 0 Å². The van der Waals surface area contributed by atoms with Crippen molar-refractivity contribution in [3.05, 3.63) is 0 Å². The number of carbonyl (C=O) groups excluding carboxylic acids is 2. The Morgan fingerprint density at radius 3 is 2.23 bits per heavy atom. The van der Waals surface area contributed by atoms with Gasteiger partial charge in [-0.2, -0.15) is 0 Å². The number of aliphatic hydroxyl groups is 1. The summed E-state index contributed by atoms with van der Waals surface area (Å²) >= 11 is 0. The van der Waals surface area contributed by atoms with Crippen molar-refractivity contribution in [2.75, 3.05) is 0 Å². The normalized spacial score (nSPS) is 34.0. The SMILES string of the molecule is CC(=O)CC(O)[C@@H]1[C@@H](C)[C@H]1C(C)=O. The van der Waals surface area contributed by atoms with Crippen LogP contribution in [0.2, 0.25) is 0 Å². The maximum absolute atomic E-state index is 11.0. The highest BCUT2D eigenvalue weighted by Crippen LogP contribution is 2.49. The van der Waals surface area contributed by atoms with Gasteiger partial charge in [0.15, 0.2) is 0 Å². The van der Waals surface area contributed by atoms with Gasteiger partial charge in [-0.25, -0.2) is 0 Å². The predicted octanol–water partition coefficient (Wildman–Crippen LogP) is 0.797. The van der Waals surface area contributed by atoms with Gasteiger partial charge in [0.2, 0.25) is 0 Å². The van der Waals surface area contributed by atoms with Crippen molar-refractivity contribution < 1.29 is 14.7 Å². The van der Waals surface area contributed by atoms with E-state index < -0.39 is 6.10 Å². The third-order valence-corrected chi connectivity index (χ3v) is 2.86. The minimum atomic E-state index is -0.624. The standard InChI is InChI=1S/C10H16O3/c1-5(11)4-8(13)10-6(2)9(10)7(3)12/h6,8-10,13H,4H2,1-3H3/t6-,8?,9-,10-/m0/s1. The van der Waals surface area contributed by atoms with E-state index in [1.807, 2.05) is 6.92 Å². The van der Waals surface area contributed by atoms with Gasteiger partial charge in [0.25, 0.3) is 0 Å². The van der Waals surface area contributed by atoms with Gasteiger partial charge in [-0.1, -0.05) is 6.92 Å². The van der Waals surface area contributed by atoms with E-state index in [1.165, 1.54) is 6.92 Å². The van der Waals surface area contributed by atoms with E-state index in [0.717, 1.165) is 0 Å². The molecule has 0 saturated heterocycles. The van der Waals surface area contributed by atoms with Gasteiger partial charge in [-0.3, -0.25) is 9.59 Å². The maximum atomic E-state index is 11.0. The lowest BCUT2D eigenvalue weighted by atomic mass is 10.1. The van der Waals surface area contributed by atoms with E-state index in [2.05, 4.69) is 0 Å². The Labute approximate surface area is 78.1 Å². The molecule has 0 aromatic rings. The average molecular weight is 184 g/mol. The molecule has 0 spiro atoms. The van der Waals surface area contributed by atoms with Crippen LogP contribution in [0.15, 0.2) is 0 Å². The number of aliphatic hydroxyl groups excluding tert-OH is 1. The van der Waals surface area contributed by atoms with Crippen molar-refractivity contribution in [2.24, 2.45) is 17.8 Å². The molecule has 0 amide bonds. The Kier molecular flexibility index (Phi) is 2.86. The molecule has 0 heterocycles. The second kappa shape index (κ2) is 3.58. The second-order valence-corrected chi connectivity index (χ2v) is 4.05. The van der Waals surface area contributed by atoms with Crippen LogP contribution in [-0.4, -0.2) is 22.8 Å². The zero-order valence-corrected chi connectivity index (χ0v) is 8.28. The lowest BCUT2D eigenvalue weighted by Crippen LogP contribution is -2.16. The zero-order chi connectivity index (χ0) is 10.2. The van der Waals surface area contributed by atoms with Crippen LogP contribution in [0, 0.1) is 17.8 Å². The lowest BCUT2D eigenvalue weighted by Gasteiger charge is -2.06. The molecule has 1 rings (SSSR count). The van der Waals surface area contributed by atoms with E-state index >= 15 is 0 Å². The summed E-state index contributed by atoms with van der Waals surface area (Å²) in [6.45, 7) is 4.95. The number of hydrogen-bond donors (Lipinski definition) is 1. The molecule has 1 aliphatic carbocycles. The van der Waals surface area contributed by atoms with Crippen LogP contribution in [0.3, 0.4) is 0 Å². The molecule has 1 unspecified atom stereocenters. The average Bonchev–Trinajstić information content (AvgIpc) is 2.59. The van der Waals surface area contributed by atoms with Crippen molar-refractivity contribution in [1.29, 1.82) is 0 Å². The molecular weight excluding hydrogens is 168 g/mol. The Bertz CT molecular complexity index is 234. The van der Waals surface area contributed by atoms with Gasteiger partial charge in [-0.05, 0) is 25.7 Å². The molecular formula is C10H16O3. The third kappa shape index (κ3) is 2.15. The Hall–Kier alpha value is -0.700. The molecule has 0 aromatic heterocycles.